The lowest BCUT2D eigenvalue weighted by Crippen LogP contribution is -2.30. The second kappa shape index (κ2) is 27.1. The Bertz CT molecular complexity index is 3100. The van der Waals surface area contributed by atoms with Crippen LogP contribution in [-0.2, 0) is 9.59 Å². The van der Waals surface area contributed by atoms with Crippen LogP contribution >= 0.6 is 12.2 Å². The highest BCUT2D eigenvalue weighted by Crippen LogP contribution is 2.23. The molecule has 0 saturated heterocycles. The Morgan fingerprint density at radius 1 is 0.459 bits per heavy atom. The molecule has 5 aromatic rings. The maximum Gasteiger partial charge on any atom is 0.335 e. The Kier molecular flexibility index (Phi) is 21.6. The number of carboxylic acids is 10. The minimum atomic E-state index is -1.35. The molecule has 6 rings (SSSR count). The molecule has 0 spiro atoms. The van der Waals surface area contributed by atoms with Gasteiger partial charge in [0, 0.05) is 17.7 Å². The van der Waals surface area contributed by atoms with Crippen LogP contribution in [0.15, 0.2) is 121 Å². The van der Waals surface area contributed by atoms with E-state index in [1.165, 1.54) is 60.7 Å². The fourth-order valence-electron chi connectivity index (χ4n) is 5.38. The first kappa shape index (κ1) is 58.9. The molecule has 0 atom stereocenters. The van der Waals surface area contributed by atoms with Gasteiger partial charge < -0.3 is 51.1 Å². The van der Waals surface area contributed by atoms with Crippen molar-refractivity contribution >= 4 is 106 Å². The van der Waals surface area contributed by atoms with Crippen molar-refractivity contribution in [3.8, 4) is 12.3 Å². The summed E-state index contributed by atoms with van der Waals surface area (Å²) in [6.45, 7) is 3.45. The molecule has 0 radical (unpaired) electrons. The van der Waals surface area contributed by atoms with Crippen LogP contribution < -0.4 is 4.90 Å². The first-order chi connectivity index (χ1) is 34.6. The Morgan fingerprint density at radius 3 is 1.03 bits per heavy atom. The van der Waals surface area contributed by atoms with E-state index in [9.17, 15) is 57.5 Å². The number of nitrogens with zero attached hydrogens (tertiary/aromatic N) is 2. The number of benzene rings is 5. The smallest absolute Gasteiger partial charge is 0.335 e. The van der Waals surface area contributed by atoms with E-state index in [1.54, 1.807) is 0 Å². The highest BCUT2D eigenvalue weighted by atomic mass is 32.1. The van der Waals surface area contributed by atoms with E-state index in [0.29, 0.717) is 10.5 Å². The lowest BCUT2D eigenvalue weighted by Gasteiger charge is -2.15. The molecule has 0 aliphatic carbocycles. The lowest BCUT2D eigenvalue weighted by atomic mass is 10.1. The van der Waals surface area contributed by atoms with Crippen molar-refractivity contribution in [3.63, 3.8) is 0 Å². The summed E-state index contributed by atoms with van der Waals surface area (Å²) in [5.74, 6) is -11.2. The fourth-order valence-corrected chi connectivity index (χ4v) is 5.48. The van der Waals surface area contributed by atoms with Crippen LogP contribution in [0.3, 0.4) is 0 Å². The second-order valence-corrected chi connectivity index (χ2v) is 13.9. The first-order valence-corrected chi connectivity index (χ1v) is 19.8. The number of carboxylic acid groups (broad SMARTS) is 10. The van der Waals surface area contributed by atoms with Crippen molar-refractivity contribution in [2.75, 3.05) is 4.90 Å². The summed E-state index contributed by atoms with van der Waals surface area (Å²) in [5.41, 5.74) is -0.563. The number of isothiocyanates is 1. The number of carbonyl (C=O) groups is 12. The van der Waals surface area contributed by atoms with Gasteiger partial charge in [-0.15, -0.1) is 6.42 Å². The summed E-state index contributed by atoms with van der Waals surface area (Å²) in [7, 11) is 0. The van der Waals surface area contributed by atoms with Gasteiger partial charge in [-0.3, -0.25) is 9.59 Å². The quantitative estimate of drug-likeness (QED) is 0.0271. The standard InChI is InChI=1S/C12H7NO6.C10H8O4.C10H6O4.C9H5NO4S.C8H6O4/c14-9-1-2-10(15)13(9)8-4-6(11(16)17)3-7(5-8)12(18)19;2*1-2-6-3-7(9(11)12)5-8(4-6)10(13)14;11-8(12)5-1-6(9(13)14)3-7(2-5)10-4-15;9-7(10)5-2-1-3-6(4-5)8(11)12/h1-5H,(H,16,17)(H,18,19);2-5H,1H2,(H,11,12)(H,13,14);1,3-5H,(H,11,12)(H,13,14);1-3H,(H,11,12)(H,13,14);1-4H,(H,9,10)(H,11,12). The molecule has 0 saturated carbocycles. The van der Waals surface area contributed by atoms with E-state index < -0.39 is 71.5 Å². The molecule has 5 aromatic carbocycles. The summed E-state index contributed by atoms with van der Waals surface area (Å²) in [6, 6.07) is 19.1. The number of hydrogen-bond donors (Lipinski definition) is 10. The number of terminal acetylenes is 1. The number of hydrogen-bond acceptors (Lipinski definition) is 14. The zero-order valence-corrected chi connectivity index (χ0v) is 37.7. The summed E-state index contributed by atoms with van der Waals surface area (Å²) < 4.78 is 0. The topological polar surface area (TPSA) is 423 Å². The maximum absolute atomic E-state index is 11.5. The third-order valence-electron chi connectivity index (χ3n) is 8.70. The highest BCUT2D eigenvalue weighted by molar-refractivity contribution is 7.78. The SMILES string of the molecule is C#Cc1cc(C(=O)O)cc(C(=O)O)c1.C=Cc1cc(C(=O)O)cc(C(=O)O)c1.O=C(O)c1cc(C(=O)O)cc(N2C(=O)C=CC2=O)c1.O=C(O)c1cc(N=C=S)cc(C(=O)O)c1.O=C(O)c1cccc(C(=O)O)c1. The predicted octanol–water partition coefficient (Wildman–Crippen LogP) is 6.20. The van der Waals surface area contributed by atoms with E-state index >= 15 is 0 Å². The number of aliphatic imine (C=N–C) groups is 1. The minimum absolute atomic E-state index is 0.0186. The van der Waals surface area contributed by atoms with Crippen molar-refractivity contribution in [2.24, 2.45) is 4.99 Å². The Balaban J connectivity index is 0.000000320. The van der Waals surface area contributed by atoms with E-state index in [1.807, 2.05) is 5.16 Å². The van der Waals surface area contributed by atoms with Crippen molar-refractivity contribution in [1.29, 1.82) is 0 Å². The molecule has 0 aromatic heterocycles. The third kappa shape index (κ3) is 17.7. The van der Waals surface area contributed by atoms with E-state index in [2.05, 4.69) is 29.7 Å². The van der Waals surface area contributed by atoms with Gasteiger partial charge in [-0.2, -0.15) is 4.99 Å². The van der Waals surface area contributed by atoms with Gasteiger partial charge in [0.05, 0.1) is 72.2 Å². The van der Waals surface area contributed by atoms with Gasteiger partial charge in [0.15, 0.2) is 0 Å². The summed E-state index contributed by atoms with van der Waals surface area (Å²) in [5, 5.41) is 88.9. The number of amides is 2. The Labute approximate surface area is 418 Å². The number of imide groups is 1. The maximum atomic E-state index is 11.5. The molecule has 25 heteroatoms. The van der Waals surface area contributed by atoms with Crippen molar-refractivity contribution < 1.29 is 109 Å². The zero-order chi connectivity index (χ0) is 56.1. The Morgan fingerprint density at radius 2 is 0.743 bits per heavy atom. The van der Waals surface area contributed by atoms with Gasteiger partial charge >= 0.3 is 59.7 Å². The molecule has 24 nitrogen and oxygen atoms in total. The van der Waals surface area contributed by atoms with Gasteiger partial charge in [0.2, 0.25) is 0 Å². The molecular formula is C49H32N2O22S. The zero-order valence-electron chi connectivity index (χ0n) is 36.9. The third-order valence-corrected chi connectivity index (χ3v) is 8.79. The average Bonchev–Trinajstić information content (AvgIpc) is 3.70. The normalized spacial score (nSPS) is 10.4. The van der Waals surface area contributed by atoms with Crippen LogP contribution in [0, 0.1) is 12.3 Å². The number of thiocarbonyl (C=S) groups is 1. The van der Waals surface area contributed by atoms with Crippen LogP contribution in [0.4, 0.5) is 11.4 Å². The van der Waals surface area contributed by atoms with Crippen LogP contribution in [-0.4, -0.2) is 128 Å². The molecule has 1 heterocycles. The van der Waals surface area contributed by atoms with E-state index in [4.69, 9.17) is 57.5 Å². The molecule has 0 bridgehead atoms. The molecule has 376 valence electrons. The second-order valence-electron chi connectivity index (χ2n) is 13.7. The van der Waals surface area contributed by atoms with Crippen LogP contribution in [0.25, 0.3) is 6.08 Å². The van der Waals surface area contributed by atoms with Gasteiger partial charge in [0.25, 0.3) is 11.8 Å². The van der Waals surface area contributed by atoms with Crippen molar-refractivity contribution in [2.45, 2.75) is 0 Å². The number of carbonyl (C=O) groups excluding carboxylic acids is 2. The Hall–Kier alpha value is -11.2. The van der Waals surface area contributed by atoms with E-state index in [-0.39, 0.29) is 72.6 Å². The lowest BCUT2D eigenvalue weighted by molar-refractivity contribution is -0.120. The van der Waals surface area contributed by atoms with Gasteiger partial charge in [-0.1, -0.05) is 24.6 Å². The van der Waals surface area contributed by atoms with E-state index in [0.717, 1.165) is 54.6 Å². The molecule has 1 aliphatic heterocycles. The predicted molar refractivity (Wildman–Crippen MR) is 256 cm³/mol. The molecule has 0 unspecified atom stereocenters. The molecular weight excluding hydrogens is 1000 g/mol. The van der Waals surface area contributed by atoms with Crippen LogP contribution in [0.2, 0.25) is 0 Å². The fraction of sp³-hybridized carbons (Fsp3) is 0. The largest absolute Gasteiger partial charge is 0.478 e. The van der Waals surface area contributed by atoms with Crippen LogP contribution in [0.5, 0.6) is 0 Å². The number of aromatic carboxylic acids is 10. The first-order valence-electron chi connectivity index (χ1n) is 19.4. The van der Waals surface area contributed by atoms with Crippen molar-refractivity contribution in [1.82, 2.24) is 0 Å². The monoisotopic (exact) mass is 1030 g/mol. The molecule has 1 aliphatic rings. The highest BCUT2D eigenvalue weighted by Gasteiger charge is 2.27. The van der Waals surface area contributed by atoms with Gasteiger partial charge in [-0.25, -0.2) is 52.8 Å². The van der Waals surface area contributed by atoms with Crippen molar-refractivity contribution in [3.05, 3.63) is 183 Å². The summed E-state index contributed by atoms with van der Waals surface area (Å²) >= 11 is 4.34. The molecule has 0 fully saturated rings. The minimum Gasteiger partial charge on any atom is -0.478 e. The number of rotatable bonds is 13. The van der Waals surface area contributed by atoms with Gasteiger partial charge in [0.1, 0.15) is 0 Å². The molecule has 74 heavy (non-hydrogen) atoms. The summed E-state index contributed by atoms with van der Waals surface area (Å²) in [4.78, 5) is 133. The molecule has 10 N–H and O–H groups in total. The number of anilines is 1. The summed E-state index contributed by atoms with van der Waals surface area (Å²) in [6.07, 6.45) is 8.50. The molecule has 2 amide bonds. The van der Waals surface area contributed by atoms with Crippen LogP contribution in [0.1, 0.15) is 115 Å². The average molecular weight is 1030 g/mol. The van der Waals surface area contributed by atoms with Gasteiger partial charge in [-0.05, 0) is 109 Å².